The minimum Gasteiger partial charge on any atom is -0.420 e. The van der Waals surface area contributed by atoms with Crippen LogP contribution in [0, 0.1) is 18.3 Å². The van der Waals surface area contributed by atoms with E-state index in [4.69, 9.17) is 4.42 Å². The molecule has 2 heterocycles. The number of benzene rings is 1. The van der Waals surface area contributed by atoms with Crippen LogP contribution >= 0.6 is 0 Å². The summed E-state index contributed by atoms with van der Waals surface area (Å²) in [6.45, 7) is 6.11. The van der Waals surface area contributed by atoms with Gasteiger partial charge in [-0.3, -0.25) is 4.79 Å². The summed E-state index contributed by atoms with van der Waals surface area (Å²) in [5.41, 5.74) is 2.52. The molecule has 0 spiro atoms. The fourth-order valence-electron chi connectivity index (χ4n) is 2.76. The first-order chi connectivity index (χ1) is 12.1. The number of carbonyl (C=O) groups is 1. The highest BCUT2D eigenvalue weighted by Gasteiger charge is 2.24. The van der Waals surface area contributed by atoms with Crippen LogP contribution < -0.4 is 4.90 Å². The Bertz CT molecular complexity index is 822. The molecule has 1 aliphatic rings. The standard InChI is InChI=1S/C19H20N4O2/c1-14-3-5-16(6-4-14)7-8-18-21-17(13-20)19(25-18)23-11-9-22(10-12-23)15(2)24/h3-8H,9-12H2,1-2H3. The van der Waals surface area contributed by atoms with Gasteiger partial charge in [0, 0.05) is 39.2 Å². The minimum absolute atomic E-state index is 0.0689. The maximum atomic E-state index is 11.4. The molecule has 0 atom stereocenters. The molecule has 0 N–H and O–H groups in total. The Morgan fingerprint density at radius 2 is 1.88 bits per heavy atom. The van der Waals surface area contributed by atoms with E-state index in [0.717, 1.165) is 5.56 Å². The maximum Gasteiger partial charge on any atom is 0.235 e. The van der Waals surface area contributed by atoms with Crippen molar-refractivity contribution in [3.63, 3.8) is 0 Å². The van der Waals surface area contributed by atoms with E-state index in [0.29, 0.717) is 38.0 Å². The van der Waals surface area contributed by atoms with Gasteiger partial charge in [0.1, 0.15) is 6.07 Å². The molecule has 6 heteroatoms. The summed E-state index contributed by atoms with van der Waals surface area (Å²) in [6, 6.07) is 10.2. The zero-order valence-electron chi connectivity index (χ0n) is 14.4. The highest BCUT2D eigenvalue weighted by molar-refractivity contribution is 5.73. The van der Waals surface area contributed by atoms with Crippen LogP contribution in [-0.4, -0.2) is 42.0 Å². The number of hydrogen-bond donors (Lipinski definition) is 0. The van der Waals surface area contributed by atoms with Gasteiger partial charge in [0.15, 0.2) is 0 Å². The van der Waals surface area contributed by atoms with Crippen molar-refractivity contribution in [1.82, 2.24) is 9.88 Å². The van der Waals surface area contributed by atoms with Gasteiger partial charge in [-0.1, -0.05) is 29.8 Å². The van der Waals surface area contributed by atoms with Crippen molar-refractivity contribution in [3.8, 4) is 6.07 Å². The van der Waals surface area contributed by atoms with E-state index in [2.05, 4.69) is 11.1 Å². The number of rotatable bonds is 3. The summed E-state index contributed by atoms with van der Waals surface area (Å²) < 4.78 is 5.79. The summed E-state index contributed by atoms with van der Waals surface area (Å²) in [5.74, 6) is 0.954. The third-order valence-electron chi connectivity index (χ3n) is 4.24. The Labute approximate surface area is 147 Å². The molecule has 1 aromatic heterocycles. The highest BCUT2D eigenvalue weighted by atomic mass is 16.4. The summed E-state index contributed by atoms with van der Waals surface area (Å²) in [7, 11) is 0. The third-order valence-corrected chi connectivity index (χ3v) is 4.24. The highest BCUT2D eigenvalue weighted by Crippen LogP contribution is 2.24. The lowest BCUT2D eigenvalue weighted by molar-refractivity contribution is -0.129. The first-order valence-electron chi connectivity index (χ1n) is 8.23. The summed E-state index contributed by atoms with van der Waals surface area (Å²) >= 11 is 0. The van der Waals surface area contributed by atoms with Gasteiger partial charge >= 0.3 is 0 Å². The van der Waals surface area contributed by atoms with Crippen LogP contribution in [0.2, 0.25) is 0 Å². The van der Waals surface area contributed by atoms with Gasteiger partial charge in [-0.25, -0.2) is 0 Å². The third kappa shape index (κ3) is 3.89. The maximum absolute atomic E-state index is 11.4. The second kappa shape index (κ2) is 7.22. The molecular formula is C19H20N4O2. The molecule has 1 saturated heterocycles. The van der Waals surface area contributed by atoms with Crippen molar-refractivity contribution < 1.29 is 9.21 Å². The van der Waals surface area contributed by atoms with E-state index in [1.807, 2.05) is 42.2 Å². The lowest BCUT2D eigenvalue weighted by Crippen LogP contribution is -2.48. The number of aryl methyl sites for hydroxylation is 1. The smallest absolute Gasteiger partial charge is 0.235 e. The van der Waals surface area contributed by atoms with Crippen LogP contribution in [0.4, 0.5) is 5.88 Å². The molecule has 0 saturated carbocycles. The fourth-order valence-corrected chi connectivity index (χ4v) is 2.76. The lowest BCUT2D eigenvalue weighted by atomic mass is 10.1. The van der Waals surface area contributed by atoms with Gasteiger partial charge in [0.2, 0.25) is 23.4 Å². The topological polar surface area (TPSA) is 73.4 Å². The molecule has 1 aromatic carbocycles. The molecule has 25 heavy (non-hydrogen) atoms. The molecule has 0 radical (unpaired) electrons. The average molecular weight is 336 g/mol. The molecule has 3 rings (SSSR count). The van der Waals surface area contributed by atoms with Gasteiger partial charge in [-0.15, -0.1) is 0 Å². The molecule has 0 bridgehead atoms. The van der Waals surface area contributed by atoms with Crippen LogP contribution in [0.25, 0.3) is 12.2 Å². The number of nitrogens with zero attached hydrogens (tertiary/aromatic N) is 4. The van der Waals surface area contributed by atoms with Gasteiger partial charge < -0.3 is 14.2 Å². The first-order valence-corrected chi connectivity index (χ1v) is 8.23. The summed E-state index contributed by atoms with van der Waals surface area (Å²) in [6.07, 6.45) is 3.67. The molecule has 1 aliphatic heterocycles. The zero-order valence-corrected chi connectivity index (χ0v) is 14.4. The van der Waals surface area contributed by atoms with Crippen molar-refractivity contribution in [3.05, 3.63) is 47.0 Å². The van der Waals surface area contributed by atoms with Crippen molar-refractivity contribution in [2.75, 3.05) is 31.1 Å². The van der Waals surface area contributed by atoms with Gasteiger partial charge in [0.05, 0.1) is 0 Å². The fraction of sp³-hybridized carbons (Fsp3) is 0.316. The van der Waals surface area contributed by atoms with E-state index < -0.39 is 0 Å². The molecule has 0 aliphatic carbocycles. The Morgan fingerprint density at radius 1 is 1.20 bits per heavy atom. The molecule has 1 amide bonds. The largest absolute Gasteiger partial charge is 0.420 e. The van der Waals surface area contributed by atoms with Crippen molar-refractivity contribution >= 4 is 23.9 Å². The Morgan fingerprint density at radius 3 is 2.48 bits per heavy atom. The normalized spacial score (nSPS) is 14.8. The van der Waals surface area contributed by atoms with Crippen molar-refractivity contribution in [2.24, 2.45) is 0 Å². The number of hydrogen-bond acceptors (Lipinski definition) is 5. The van der Waals surface area contributed by atoms with Crippen molar-refractivity contribution in [2.45, 2.75) is 13.8 Å². The SMILES string of the molecule is CC(=O)N1CCN(c2oc(C=Cc3ccc(C)cc3)nc2C#N)CC1. The number of amides is 1. The zero-order chi connectivity index (χ0) is 17.8. The Balaban J connectivity index is 1.75. The minimum atomic E-state index is 0.0689. The molecular weight excluding hydrogens is 316 g/mol. The van der Waals surface area contributed by atoms with E-state index in [1.165, 1.54) is 5.56 Å². The average Bonchev–Trinajstić information content (AvgIpc) is 3.04. The molecule has 128 valence electrons. The number of anilines is 1. The van der Waals surface area contributed by atoms with Crippen molar-refractivity contribution in [1.29, 1.82) is 5.26 Å². The van der Waals surface area contributed by atoms with Crippen LogP contribution in [0.3, 0.4) is 0 Å². The van der Waals surface area contributed by atoms with Gasteiger partial charge in [0.25, 0.3) is 0 Å². The Kier molecular flexibility index (Phi) is 4.85. The van der Waals surface area contributed by atoms with E-state index in [1.54, 1.807) is 17.9 Å². The number of carbonyl (C=O) groups excluding carboxylic acids is 1. The monoisotopic (exact) mass is 336 g/mol. The number of oxazole rings is 1. The molecule has 1 fully saturated rings. The number of nitriles is 1. The van der Waals surface area contributed by atoms with E-state index >= 15 is 0 Å². The predicted molar refractivity (Wildman–Crippen MR) is 95.8 cm³/mol. The predicted octanol–water partition coefficient (Wildman–Crippen LogP) is 2.69. The quantitative estimate of drug-likeness (QED) is 0.861. The number of aromatic nitrogens is 1. The van der Waals surface area contributed by atoms with E-state index in [9.17, 15) is 10.1 Å². The summed E-state index contributed by atoms with van der Waals surface area (Å²) in [4.78, 5) is 19.4. The second-order valence-corrected chi connectivity index (χ2v) is 6.05. The van der Waals surface area contributed by atoms with Crippen LogP contribution in [0.1, 0.15) is 29.6 Å². The molecule has 2 aromatic rings. The van der Waals surface area contributed by atoms with Gasteiger partial charge in [-0.05, 0) is 18.6 Å². The molecule has 0 unspecified atom stereocenters. The second-order valence-electron chi connectivity index (χ2n) is 6.05. The Hall–Kier alpha value is -3.07. The van der Waals surface area contributed by atoms with Crippen LogP contribution in [0.5, 0.6) is 0 Å². The van der Waals surface area contributed by atoms with Crippen LogP contribution in [0.15, 0.2) is 28.7 Å². The van der Waals surface area contributed by atoms with E-state index in [-0.39, 0.29) is 11.6 Å². The number of piperazine rings is 1. The van der Waals surface area contributed by atoms with Gasteiger partial charge in [-0.2, -0.15) is 10.2 Å². The van der Waals surface area contributed by atoms with Crippen LogP contribution in [-0.2, 0) is 4.79 Å². The lowest BCUT2D eigenvalue weighted by Gasteiger charge is -2.33. The first kappa shape index (κ1) is 16.8. The molecule has 6 nitrogen and oxygen atoms in total. The summed E-state index contributed by atoms with van der Waals surface area (Å²) in [5, 5.41) is 9.33.